The van der Waals surface area contributed by atoms with E-state index in [1.54, 1.807) is 17.7 Å². The van der Waals surface area contributed by atoms with Crippen molar-refractivity contribution in [3.05, 3.63) is 64.7 Å². The van der Waals surface area contributed by atoms with Gasteiger partial charge in [0.15, 0.2) is 5.13 Å². The summed E-state index contributed by atoms with van der Waals surface area (Å²) in [6, 6.07) is 11.6. The average molecular weight is 295 g/mol. The van der Waals surface area contributed by atoms with Crippen LogP contribution in [-0.2, 0) is 4.79 Å². The van der Waals surface area contributed by atoms with Gasteiger partial charge in [0.25, 0.3) is 5.91 Å². The van der Waals surface area contributed by atoms with Crippen molar-refractivity contribution in [3.8, 4) is 6.07 Å². The summed E-state index contributed by atoms with van der Waals surface area (Å²) in [4.78, 5) is 15.9. The normalized spacial score (nSPS) is 11.8. The molecule has 4 nitrogen and oxygen atoms in total. The number of hydrogen-bond donors (Lipinski definition) is 1. The van der Waals surface area contributed by atoms with E-state index in [2.05, 4.69) is 10.3 Å². The molecule has 0 atom stereocenters. The van der Waals surface area contributed by atoms with Crippen LogP contribution in [0.4, 0.5) is 5.13 Å². The minimum atomic E-state index is -0.451. The van der Waals surface area contributed by atoms with Crippen molar-refractivity contribution in [2.45, 2.75) is 6.92 Å². The fourth-order valence-electron chi connectivity index (χ4n) is 1.68. The average Bonchev–Trinajstić information content (AvgIpc) is 2.98. The van der Waals surface area contributed by atoms with Crippen LogP contribution in [0.3, 0.4) is 0 Å². The number of amides is 1. The van der Waals surface area contributed by atoms with E-state index < -0.39 is 5.91 Å². The summed E-state index contributed by atoms with van der Waals surface area (Å²) in [6.07, 6.45) is 5.07. The van der Waals surface area contributed by atoms with Crippen molar-refractivity contribution in [1.29, 1.82) is 5.26 Å². The van der Waals surface area contributed by atoms with Gasteiger partial charge in [0.1, 0.15) is 11.6 Å². The van der Waals surface area contributed by atoms with Gasteiger partial charge in [-0.05, 0) is 24.1 Å². The van der Waals surface area contributed by atoms with Crippen LogP contribution >= 0.6 is 11.3 Å². The summed E-state index contributed by atoms with van der Waals surface area (Å²) in [5, 5.41) is 13.9. The summed E-state index contributed by atoms with van der Waals surface area (Å²) >= 11 is 1.31. The quantitative estimate of drug-likeness (QED) is 0.532. The van der Waals surface area contributed by atoms with Gasteiger partial charge < -0.3 is 0 Å². The van der Waals surface area contributed by atoms with Gasteiger partial charge in [-0.2, -0.15) is 5.26 Å². The zero-order valence-electron chi connectivity index (χ0n) is 11.4. The highest BCUT2D eigenvalue weighted by molar-refractivity contribution is 7.13. The third kappa shape index (κ3) is 4.41. The maximum absolute atomic E-state index is 12.0. The Kier molecular flexibility index (Phi) is 5.02. The molecule has 0 unspecified atom stereocenters. The van der Waals surface area contributed by atoms with E-state index >= 15 is 0 Å². The number of nitrogens with one attached hydrogen (secondary N) is 1. The van der Waals surface area contributed by atoms with E-state index in [1.807, 2.05) is 49.4 Å². The number of allylic oxidation sites excluding steroid dienone is 2. The summed E-state index contributed by atoms with van der Waals surface area (Å²) < 4.78 is 0. The molecule has 0 aliphatic rings. The largest absolute Gasteiger partial charge is 0.297 e. The standard InChI is InChI=1S/C16H13N3OS/c1-12(9-13-5-3-2-4-6-13)10-14(11-17)15(20)19-16-18-7-8-21-16/h2-10H,1H3,(H,18,19,20). The van der Waals surface area contributed by atoms with Gasteiger partial charge in [-0.3, -0.25) is 10.1 Å². The van der Waals surface area contributed by atoms with Crippen LogP contribution < -0.4 is 5.32 Å². The molecule has 0 radical (unpaired) electrons. The summed E-state index contributed by atoms with van der Waals surface area (Å²) in [5.74, 6) is -0.451. The monoisotopic (exact) mass is 295 g/mol. The minimum Gasteiger partial charge on any atom is -0.297 e. The van der Waals surface area contributed by atoms with Crippen molar-refractivity contribution >= 4 is 28.5 Å². The number of aromatic nitrogens is 1. The maximum Gasteiger partial charge on any atom is 0.268 e. The molecule has 0 fully saturated rings. The number of thiazole rings is 1. The number of carbonyl (C=O) groups excluding carboxylic acids is 1. The molecular formula is C16H13N3OS. The molecule has 0 aliphatic heterocycles. The molecule has 104 valence electrons. The fraction of sp³-hybridized carbons (Fsp3) is 0.0625. The number of benzene rings is 1. The van der Waals surface area contributed by atoms with E-state index in [1.165, 1.54) is 11.3 Å². The van der Waals surface area contributed by atoms with Crippen molar-refractivity contribution in [2.24, 2.45) is 0 Å². The Morgan fingerprint density at radius 3 is 2.76 bits per heavy atom. The van der Waals surface area contributed by atoms with Crippen LogP contribution in [0.25, 0.3) is 6.08 Å². The maximum atomic E-state index is 12.0. The molecule has 0 spiro atoms. The zero-order chi connectivity index (χ0) is 15.1. The summed E-state index contributed by atoms with van der Waals surface area (Å²) in [6.45, 7) is 1.85. The molecular weight excluding hydrogens is 282 g/mol. The van der Waals surface area contributed by atoms with Crippen LogP contribution in [0.2, 0.25) is 0 Å². The number of carbonyl (C=O) groups is 1. The van der Waals surface area contributed by atoms with Crippen LogP contribution in [-0.4, -0.2) is 10.9 Å². The zero-order valence-corrected chi connectivity index (χ0v) is 12.2. The van der Waals surface area contributed by atoms with Gasteiger partial charge in [0.2, 0.25) is 0 Å². The molecule has 2 aromatic rings. The molecule has 0 saturated carbocycles. The molecule has 2 rings (SSSR count). The van der Waals surface area contributed by atoms with Gasteiger partial charge in [-0.15, -0.1) is 11.3 Å². The van der Waals surface area contributed by atoms with E-state index in [4.69, 9.17) is 5.26 Å². The Bertz CT molecular complexity index is 710. The van der Waals surface area contributed by atoms with Gasteiger partial charge in [-0.1, -0.05) is 36.4 Å². The first-order valence-corrected chi connectivity index (χ1v) is 7.13. The molecule has 0 bridgehead atoms. The van der Waals surface area contributed by atoms with Crippen molar-refractivity contribution in [2.75, 3.05) is 5.32 Å². The highest BCUT2D eigenvalue weighted by atomic mass is 32.1. The van der Waals surface area contributed by atoms with Gasteiger partial charge in [0.05, 0.1) is 0 Å². The Morgan fingerprint density at radius 1 is 1.38 bits per heavy atom. The van der Waals surface area contributed by atoms with Crippen LogP contribution in [0.15, 0.2) is 59.1 Å². The number of anilines is 1. The predicted molar refractivity (Wildman–Crippen MR) is 84.5 cm³/mol. The molecule has 1 aromatic carbocycles. The Morgan fingerprint density at radius 2 is 2.14 bits per heavy atom. The van der Waals surface area contributed by atoms with Crippen molar-refractivity contribution < 1.29 is 4.79 Å². The first kappa shape index (κ1) is 14.7. The first-order valence-electron chi connectivity index (χ1n) is 6.25. The van der Waals surface area contributed by atoms with Crippen LogP contribution in [0.1, 0.15) is 12.5 Å². The molecule has 1 N–H and O–H groups in total. The lowest BCUT2D eigenvalue weighted by Crippen LogP contribution is -2.13. The molecule has 21 heavy (non-hydrogen) atoms. The SMILES string of the molecule is CC(=Cc1ccccc1)C=C(C#N)C(=O)Nc1nccs1. The smallest absolute Gasteiger partial charge is 0.268 e. The number of rotatable bonds is 4. The lowest BCUT2D eigenvalue weighted by atomic mass is 10.1. The van der Waals surface area contributed by atoms with E-state index in [0.29, 0.717) is 5.13 Å². The second-order valence-corrected chi connectivity index (χ2v) is 5.15. The lowest BCUT2D eigenvalue weighted by molar-refractivity contribution is -0.112. The molecule has 1 aromatic heterocycles. The van der Waals surface area contributed by atoms with E-state index in [9.17, 15) is 4.79 Å². The fourth-order valence-corrected chi connectivity index (χ4v) is 2.20. The lowest BCUT2D eigenvalue weighted by Gasteiger charge is -2.00. The van der Waals surface area contributed by atoms with Crippen molar-refractivity contribution in [1.82, 2.24) is 4.98 Å². The number of hydrogen-bond acceptors (Lipinski definition) is 4. The highest BCUT2D eigenvalue weighted by Crippen LogP contribution is 2.13. The summed E-state index contributed by atoms with van der Waals surface area (Å²) in [7, 11) is 0. The minimum absolute atomic E-state index is 0.0508. The van der Waals surface area contributed by atoms with E-state index in [-0.39, 0.29) is 5.57 Å². The molecule has 1 heterocycles. The van der Waals surface area contributed by atoms with E-state index in [0.717, 1.165) is 11.1 Å². The highest BCUT2D eigenvalue weighted by Gasteiger charge is 2.10. The second kappa shape index (κ2) is 7.17. The Labute approximate surface area is 127 Å². The van der Waals surface area contributed by atoms with Crippen molar-refractivity contribution in [3.63, 3.8) is 0 Å². The van der Waals surface area contributed by atoms with Crippen LogP contribution in [0.5, 0.6) is 0 Å². The van der Waals surface area contributed by atoms with Crippen LogP contribution in [0, 0.1) is 11.3 Å². The molecule has 1 amide bonds. The molecule has 5 heteroatoms. The topological polar surface area (TPSA) is 65.8 Å². The third-order valence-corrected chi connectivity index (χ3v) is 3.27. The Hall–Kier alpha value is -2.71. The van der Waals surface area contributed by atoms with Gasteiger partial charge >= 0.3 is 0 Å². The first-order chi connectivity index (χ1) is 10.2. The predicted octanol–water partition coefficient (Wildman–Crippen LogP) is 3.64. The second-order valence-electron chi connectivity index (χ2n) is 4.26. The van der Waals surface area contributed by atoms with Gasteiger partial charge in [0, 0.05) is 11.6 Å². The molecule has 0 aliphatic carbocycles. The Balaban J connectivity index is 2.15. The number of nitrogens with zero attached hydrogens (tertiary/aromatic N) is 2. The van der Waals surface area contributed by atoms with Gasteiger partial charge in [-0.25, -0.2) is 4.98 Å². The number of nitriles is 1. The third-order valence-electron chi connectivity index (χ3n) is 2.58. The summed E-state index contributed by atoms with van der Waals surface area (Å²) in [5.41, 5.74) is 1.89. The molecule has 0 saturated heterocycles.